The van der Waals surface area contributed by atoms with Gasteiger partial charge in [-0.15, -0.1) is 0 Å². The van der Waals surface area contributed by atoms with Gasteiger partial charge in [0.05, 0.1) is 24.6 Å². The third-order valence-corrected chi connectivity index (χ3v) is 4.85. The molecule has 2 amide bonds. The molecule has 96 valence electrons. The monoisotopic (exact) mass is 284 g/mol. The summed E-state index contributed by atoms with van der Waals surface area (Å²) in [5, 5.41) is 1.55. The quantitative estimate of drug-likeness (QED) is 0.621. The van der Waals surface area contributed by atoms with Crippen molar-refractivity contribution in [2.75, 3.05) is 37.7 Å². The molecule has 0 aromatic carbocycles. The number of hydrogen-bond acceptors (Lipinski definition) is 6. The summed E-state index contributed by atoms with van der Waals surface area (Å²) in [6.07, 6.45) is 0. The minimum absolute atomic E-state index is 0.0807. The Labute approximate surface area is 113 Å². The molecule has 0 atom stereocenters. The lowest BCUT2D eigenvalue weighted by Gasteiger charge is -2.22. The molecular formula is C10H12N4O2S2. The van der Waals surface area contributed by atoms with Crippen LogP contribution in [0.4, 0.5) is 0 Å². The van der Waals surface area contributed by atoms with E-state index in [0.717, 1.165) is 10.3 Å². The first kappa shape index (κ1) is 12.0. The smallest absolute Gasteiger partial charge is 0.239 e. The molecule has 0 aromatic heterocycles. The number of carbonyl (C=O) groups excluding carboxylic acids is 2. The topological polar surface area (TPSA) is 65.3 Å². The van der Waals surface area contributed by atoms with Crippen molar-refractivity contribution in [1.82, 2.24) is 9.80 Å². The molecule has 0 aliphatic carbocycles. The van der Waals surface area contributed by atoms with Crippen LogP contribution in [0, 0.1) is 0 Å². The van der Waals surface area contributed by atoms with Crippen LogP contribution in [0.1, 0.15) is 0 Å². The van der Waals surface area contributed by atoms with Crippen LogP contribution in [0.25, 0.3) is 0 Å². The Morgan fingerprint density at radius 1 is 0.833 bits per heavy atom. The largest absolute Gasteiger partial charge is 0.289 e. The standard InChI is InChI=1S/C10H12N4O2S2/c15-7-5-17-9-11-1-2-12-10-14(4-3-13(7)9)8(16)6-18-10/h1-6H2. The molecule has 0 saturated carbocycles. The molecule has 3 heterocycles. The number of nitrogens with zero attached hydrogens (tertiary/aromatic N) is 4. The van der Waals surface area contributed by atoms with Crippen molar-refractivity contribution in [2.24, 2.45) is 9.98 Å². The summed E-state index contributed by atoms with van der Waals surface area (Å²) in [6.45, 7) is 2.16. The fourth-order valence-corrected chi connectivity index (χ4v) is 3.85. The first-order chi connectivity index (χ1) is 8.75. The SMILES string of the molecule is O=C1CSC2=NCCN=C3SCC(=O)N3CCN12. The Kier molecular flexibility index (Phi) is 3.29. The van der Waals surface area contributed by atoms with E-state index in [2.05, 4.69) is 9.98 Å². The Balaban J connectivity index is 1.82. The van der Waals surface area contributed by atoms with Gasteiger partial charge < -0.3 is 0 Å². The van der Waals surface area contributed by atoms with Gasteiger partial charge in [0.1, 0.15) is 0 Å². The van der Waals surface area contributed by atoms with E-state index < -0.39 is 0 Å². The van der Waals surface area contributed by atoms with Gasteiger partial charge in [-0.1, -0.05) is 23.5 Å². The zero-order valence-corrected chi connectivity index (χ0v) is 11.3. The lowest BCUT2D eigenvalue weighted by atomic mass is 10.4. The van der Waals surface area contributed by atoms with E-state index in [1.54, 1.807) is 9.80 Å². The van der Waals surface area contributed by atoms with E-state index in [0.29, 0.717) is 37.7 Å². The summed E-state index contributed by atoms with van der Waals surface area (Å²) >= 11 is 2.94. The molecule has 3 rings (SSSR count). The molecule has 0 unspecified atom stereocenters. The van der Waals surface area contributed by atoms with Crippen LogP contribution in [-0.2, 0) is 9.59 Å². The Morgan fingerprint density at radius 2 is 1.28 bits per heavy atom. The van der Waals surface area contributed by atoms with E-state index in [1.807, 2.05) is 0 Å². The molecule has 0 spiro atoms. The van der Waals surface area contributed by atoms with Crippen molar-refractivity contribution >= 4 is 45.7 Å². The van der Waals surface area contributed by atoms with Crippen LogP contribution in [0.3, 0.4) is 0 Å². The highest BCUT2D eigenvalue weighted by atomic mass is 32.2. The van der Waals surface area contributed by atoms with Gasteiger partial charge in [0.15, 0.2) is 10.3 Å². The van der Waals surface area contributed by atoms with Gasteiger partial charge in [0.25, 0.3) is 0 Å². The van der Waals surface area contributed by atoms with Gasteiger partial charge in [-0.2, -0.15) is 0 Å². The van der Waals surface area contributed by atoms with Gasteiger partial charge >= 0.3 is 0 Å². The summed E-state index contributed by atoms with van der Waals surface area (Å²) in [7, 11) is 0. The predicted octanol–water partition coefficient (Wildman–Crippen LogP) is -0.137. The molecule has 6 nitrogen and oxygen atoms in total. The summed E-state index contributed by atoms with van der Waals surface area (Å²) < 4.78 is 0. The van der Waals surface area contributed by atoms with Crippen molar-refractivity contribution in [1.29, 1.82) is 0 Å². The van der Waals surface area contributed by atoms with E-state index in [1.165, 1.54) is 23.5 Å². The van der Waals surface area contributed by atoms with Gasteiger partial charge in [-0.3, -0.25) is 29.4 Å². The first-order valence-corrected chi connectivity index (χ1v) is 7.68. The molecule has 0 aromatic rings. The lowest BCUT2D eigenvalue weighted by Crippen LogP contribution is -2.41. The van der Waals surface area contributed by atoms with Crippen molar-refractivity contribution < 1.29 is 9.59 Å². The number of fused-ring (bicyclic) bond motifs is 2. The molecule has 0 bridgehead atoms. The molecule has 8 heteroatoms. The maximum Gasteiger partial charge on any atom is 0.239 e. The molecule has 0 N–H and O–H groups in total. The van der Waals surface area contributed by atoms with E-state index in [9.17, 15) is 9.59 Å². The van der Waals surface area contributed by atoms with Gasteiger partial charge in [0, 0.05) is 13.1 Å². The highest BCUT2D eigenvalue weighted by molar-refractivity contribution is 8.15. The highest BCUT2D eigenvalue weighted by Crippen LogP contribution is 2.23. The summed E-state index contributed by atoms with van der Waals surface area (Å²) in [4.78, 5) is 35.6. The van der Waals surface area contributed by atoms with E-state index in [-0.39, 0.29) is 11.8 Å². The Morgan fingerprint density at radius 3 is 1.72 bits per heavy atom. The van der Waals surface area contributed by atoms with Crippen LogP contribution in [0.2, 0.25) is 0 Å². The number of aliphatic imine (C=N–C) groups is 2. The van der Waals surface area contributed by atoms with Crippen LogP contribution < -0.4 is 0 Å². The average molecular weight is 284 g/mol. The van der Waals surface area contributed by atoms with Gasteiger partial charge in [-0.25, -0.2) is 0 Å². The molecule has 0 radical (unpaired) electrons. The summed E-state index contributed by atoms with van der Waals surface area (Å²) in [5.41, 5.74) is 0. The third-order valence-electron chi connectivity index (χ3n) is 2.85. The van der Waals surface area contributed by atoms with Crippen LogP contribution in [0.5, 0.6) is 0 Å². The minimum atomic E-state index is 0.0807. The van der Waals surface area contributed by atoms with Crippen LogP contribution in [0.15, 0.2) is 9.98 Å². The zero-order valence-electron chi connectivity index (χ0n) is 9.66. The van der Waals surface area contributed by atoms with Gasteiger partial charge in [0.2, 0.25) is 11.8 Å². The van der Waals surface area contributed by atoms with Crippen molar-refractivity contribution in [3.05, 3.63) is 0 Å². The number of hydrogen-bond donors (Lipinski definition) is 0. The predicted molar refractivity (Wildman–Crippen MR) is 72.9 cm³/mol. The summed E-state index contributed by atoms with van der Waals surface area (Å²) in [5.74, 6) is 1.07. The molecule has 2 saturated heterocycles. The maximum absolute atomic E-state index is 11.7. The van der Waals surface area contributed by atoms with Crippen molar-refractivity contribution in [2.45, 2.75) is 0 Å². The molecule has 18 heavy (non-hydrogen) atoms. The number of rotatable bonds is 0. The summed E-state index contributed by atoms with van der Waals surface area (Å²) in [6, 6.07) is 0. The Hall–Kier alpha value is -1.02. The molecular weight excluding hydrogens is 272 g/mol. The second kappa shape index (κ2) is 4.93. The molecule has 3 aliphatic heterocycles. The second-order valence-corrected chi connectivity index (χ2v) is 5.88. The fourth-order valence-electron chi connectivity index (χ4n) is 1.97. The lowest BCUT2D eigenvalue weighted by molar-refractivity contribution is -0.127. The number of amidine groups is 2. The number of carbonyl (C=O) groups is 2. The van der Waals surface area contributed by atoms with Crippen molar-refractivity contribution in [3.8, 4) is 0 Å². The zero-order chi connectivity index (χ0) is 12.5. The Bertz CT molecular complexity index is 421. The maximum atomic E-state index is 11.7. The van der Waals surface area contributed by atoms with Crippen molar-refractivity contribution in [3.63, 3.8) is 0 Å². The number of amides is 2. The third kappa shape index (κ3) is 2.14. The first-order valence-electron chi connectivity index (χ1n) is 5.71. The minimum Gasteiger partial charge on any atom is -0.289 e. The molecule has 3 aliphatic rings. The molecule has 2 fully saturated rings. The van der Waals surface area contributed by atoms with Crippen LogP contribution in [-0.4, -0.2) is 69.6 Å². The van der Waals surface area contributed by atoms with E-state index in [4.69, 9.17) is 0 Å². The second-order valence-electron chi connectivity index (χ2n) is 4.00. The van der Waals surface area contributed by atoms with Gasteiger partial charge in [-0.05, 0) is 0 Å². The number of thioether (sulfide) groups is 2. The highest BCUT2D eigenvalue weighted by Gasteiger charge is 2.32. The fraction of sp³-hybridized carbons (Fsp3) is 0.600. The van der Waals surface area contributed by atoms with E-state index >= 15 is 0 Å². The average Bonchev–Trinajstić information content (AvgIpc) is 2.89. The van der Waals surface area contributed by atoms with Crippen LogP contribution >= 0.6 is 23.5 Å². The normalized spacial score (nSPS) is 24.7.